The number of carbonyl (C=O) groups is 1. The Labute approximate surface area is 164 Å². The number of nitrogens with one attached hydrogen (secondary N) is 2. The van der Waals surface area contributed by atoms with Gasteiger partial charge in [-0.2, -0.15) is 0 Å². The second kappa shape index (κ2) is 8.83. The zero-order chi connectivity index (χ0) is 17.6. The maximum Gasteiger partial charge on any atom is 0.279 e. The van der Waals surface area contributed by atoms with Gasteiger partial charge in [0, 0.05) is 0 Å². The summed E-state index contributed by atoms with van der Waals surface area (Å²) in [7, 11) is 0. The van der Waals surface area contributed by atoms with Gasteiger partial charge in [-0.1, -0.05) is 41.4 Å². The maximum absolute atomic E-state index is 12.5. The van der Waals surface area contributed by atoms with E-state index in [9.17, 15) is 4.79 Å². The van der Waals surface area contributed by atoms with Crippen molar-refractivity contribution >= 4 is 57.5 Å². The maximum atomic E-state index is 12.5. The summed E-state index contributed by atoms with van der Waals surface area (Å²) >= 11 is 15.7. The van der Waals surface area contributed by atoms with Crippen molar-refractivity contribution in [3.05, 3.63) is 73.0 Å². The second-order valence-corrected chi connectivity index (χ2v) is 8.46. The van der Waals surface area contributed by atoms with Crippen molar-refractivity contribution in [1.82, 2.24) is 0 Å². The fraction of sp³-hybridized carbons (Fsp3) is 0.167. The van der Waals surface area contributed by atoms with Crippen molar-refractivity contribution in [2.75, 3.05) is 11.9 Å². The van der Waals surface area contributed by atoms with Gasteiger partial charge < -0.3 is 10.2 Å². The molecule has 0 saturated heterocycles. The third-order valence-corrected chi connectivity index (χ3v) is 6.03. The zero-order valence-electron chi connectivity index (χ0n) is 13.3. The number of halogens is 2. The highest BCUT2D eigenvalue weighted by molar-refractivity contribution is 7.10. The normalized spacial score (nSPS) is 11.0. The fourth-order valence-electron chi connectivity index (χ4n) is 2.53. The Kier molecular flexibility index (Phi) is 6.51. The number of hydrogen-bond acceptors (Lipinski definition) is 3. The van der Waals surface area contributed by atoms with Gasteiger partial charge in [0.1, 0.15) is 13.1 Å². The molecule has 3 rings (SSSR count). The van der Waals surface area contributed by atoms with Crippen molar-refractivity contribution < 1.29 is 9.69 Å². The number of quaternary nitrogens is 1. The van der Waals surface area contributed by atoms with E-state index in [4.69, 9.17) is 23.2 Å². The molecule has 3 aromatic rings. The van der Waals surface area contributed by atoms with E-state index in [1.807, 2.05) is 12.1 Å². The number of para-hydroxylation sites is 1. The Bertz CT molecular complexity index is 763. The van der Waals surface area contributed by atoms with Crippen LogP contribution < -0.4 is 10.2 Å². The first-order chi connectivity index (χ1) is 12.1. The molecule has 0 aliphatic rings. The van der Waals surface area contributed by atoms with E-state index >= 15 is 0 Å². The summed E-state index contributed by atoms with van der Waals surface area (Å²) in [5.41, 5.74) is 0.474. The first-order valence-corrected chi connectivity index (χ1v) is 10.3. The van der Waals surface area contributed by atoms with Gasteiger partial charge >= 0.3 is 0 Å². The van der Waals surface area contributed by atoms with Crippen LogP contribution in [-0.4, -0.2) is 12.5 Å². The molecule has 1 amide bonds. The van der Waals surface area contributed by atoms with Crippen LogP contribution in [0, 0.1) is 0 Å². The topological polar surface area (TPSA) is 33.5 Å². The largest absolute Gasteiger partial charge is 0.319 e. The Hall–Kier alpha value is -1.37. The van der Waals surface area contributed by atoms with Gasteiger partial charge in [-0.15, -0.1) is 22.7 Å². The standard InChI is InChI=1S/C18H16Cl2N2OS2/c19-15-6-1-7-16(20)18(15)21-17(23)12-22(10-13-4-2-8-24-13)11-14-5-3-9-25-14/h1-9H,10-12H2,(H,21,23)/p+1. The summed E-state index contributed by atoms with van der Waals surface area (Å²) in [6.45, 7) is 1.95. The lowest BCUT2D eigenvalue weighted by Gasteiger charge is -2.18. The van der Waals surface area contributed by atoms with Crippen molar-refractivity contribution in [3.63, 3.8) is 0 Å². The molecule has 0 unspecified atom stereocenters. The number of carbonyl (C=O) groups excluding carboxylic acids is 1. The van der Waals surface area contributed by atoms with E-state index in [0.717, 1.165) is 13.1 Å². The second-order valence-electron chi connectivity index (χ2n) is 5.58. The molecule has 0 atom stereocenters. The number of amides is 1. The number of hydrogen-bond donors (Lipinski definition) is 2. The predicted molar refractivity (Wildman–Crippen MR) is 107 cm³/mol. The zero-order valence-corrected chi connectivity index (χ0v) is 16.4. The highest BCUT2D eigenvalue weighted by atomic mass is 35.5. The van der Waals surface area contributed by atoms with E-state index in [1.165, 1.54) is 14.7 Å². The summed E-state index contributed by atoms with van der Waals surface area (Å²) in [4.78, 5) is 16.2. The van der Waals surface area contributed by atoms with Crippen LogP contribution in [0.1, 0.15) is 9.75 Å². The van der Waals surface area contributed by atoms with Crippen molar-refractivity contribution in [3.8, 4) is 0 Å². The molecule has 0 radical (unpaired) electrons. The Morgan fingerprint density at radius 2 is 1.48 bits per heavy atom. The molecule has 1 aromatic carbocycles. The van der Waals surface area contributed by atoms with Gasteiger partial charge in [-0.3, -0.25) is 4.79 Å². The highest BCUT2D eigenvalue weighted by Gasteiger charge is 2.18. The van der Waals surface area contributed by atoms with Crippen LogP contribution in [0.15, 0.2) is 53.2 Å². The van der Waals surface area contributed by atoms with E-state index in [0.29, 0.717) is 22.3 Å². The molecular formula is C18H17Cl2N2OS2+. The van der Waals surface area contributed by atoms with Crippen LogP contribution in [0.25, 0.3) is 0 Å². The number of rotatable bonds is 7. The summed E-state index contributed by atoms with van der Waals surface area (Å²) < 4.78 is 0. The first-order valence-electron chi connectivity index (χ1n) is 7.74. The Morgan fingerprint density at radius 3 is 1.96 bits per heavy atom. The Morgan fingerprint density at radius 1 is 0.920 bits per heavy atom. The van der Waals surface area contributed by atoms with E-state index in [2.05, 4.69) is 28.2 Å². The third-order valence-electron chi connectivity index (χ3n) is 3.65. The van der Waals surface area contributed by atoms with Gasteiger partial charge in [0.25, 0.3) is 5.91 Å². The molecule has 2 N–H and O–H groups in total. The lowest BCUT2D eigenvalue weighted by molar-refractivity contribution is -0.918. The summed E-state index contributed by atoms with van der Waals surface area (Å²) in [5.74, 6) is -0.0990. The van der Waals surface area contributed by atoms with Crippen molar-refractivity contribution in [1.29, 1.82) is 0 Å². The SMILES string of the molecule is O=C(C[NH+](Cc1cccs1)Cc1cccs1)Nc1c(Cl)cccc1Cl. The van der Waals surface area contributed by atoms with Gasteiger partial charge in [0.15, 0.2) is 6.54 Å². The number of anilines is 1. The van der Waals surface area contributed by atoms with Crippen LogP contribution in [0.4, 0.5) is 5.69 Å². The van der Waals surface area contributed by atoms with Gasteiger partial charge in [0.2, 0.25) is 0 Å². The third kappa shape index (κ3) is 5.30. The van der Waals surface area contributed by atoms with Crippen molar-refractivity contribution in [2.45, 2.75) is 13.1 Å². The molecule has 130 valence electrons. The van der Waals surface area contributed by atoms with Crippen LogP contribution in [0.5, 0.6) is 0 Å². The average molecular weight is 412 g/mol. The smallest absolute Gasteiger partial charge is 0.279 e. The molecular weight excluding hydrogens is 395 g/mol. The van der Waals surface area contributed by atoms with Crippen LogP contribution >= 0.6 is 45.9 Å². The average Bonchev–Trinajstić information content (AvgIpc) is 3.25. The van der Waals surface area contributed by atoms with Gasteiger partial charge in [0.05, 0.1) is 25.5 Å². The molecule has 0 aliphatic carbocycles. The predicted octanol–water partition coefficient (Wildman–Crippen LogP) is 4.34. The molecule has 2 aromatic heterocycles. The molecule has 0 fully saturated rings. The molecule has 3 nitrogen and oxygen atoms in total. The molecule has 0 spiro atoms. The van der Waals surface area contributed by atoms with Crippen LogP contribution in [-0.2, 0) is 17.9 Å². The monoisotopic (exact) mass is 411 g/mol. The number of benzene rings is 1. The van der Waals surface area contributed by atoms with Gasteiger partial charge in [-0.05, 0) is 35.0 Å². The molecule has 25 heavy (non-hydrogen) atoms. The van der Waals surface area contributed by atoms with Crippen LogP contribution in [0.2, 0.25) is 10.0 Å². The summed E-state index contributed by atoms with van der Waals surface area (Å²) in [6, 6.07) is 13.4. The van der Waals surface area contributed by atoms with Gasteiger partial charge in [-0.25, -0.2) is 0 Å². The van der Waals surface area contributed by atoms with E-state index in [-0.39, 0.29) is 5.91 Å². The molecule has 0 aliphatic heterocycles. The summed E-state index contributed by atoms with van der Waals surface area (Å²) in [6.07, 6.45) is 0. The molecule has 2 heterocycles. The molecule has 0 bridgehead atoms. The Balaban J connectivity index is 1.69. The van der Waals surface area contributed by atoms with Crippen LogP contribution in [0.3, 0.4) is 0 Å². The van der Waals surface area contributed by atoms with E-state index < -0.39 is 0 Å². The summed E-state index contributed by atoms with van der Waals surface area (Å²) in [5, 5.41) is 7.85. The molecule has 7 heteroatoms. The molecule has 0 saturated carbocycles. The minimum Gasteiger partial charge on any atom is -0.319 e. The lowest BCUT2D eigenvalue weighted by Crippen LogP contribution is -3.10. The minimum absolute atomic E-state index is 0.0990. The number of thiophene rings is 2. The van der Waals surface area contributed by atoms with Crippen molar-refractivity contribution in [2.24, 2.45) is 0 Å². The quantitative estimate of drug-likeness (QED) is 0.595. The van der Waals surface area contributed by atoms with E-state index in [1.54, 1.807) is 40.9 Å². The first kappa shape index (κ1) is 18.4. The highest BCUT2D eigenvalue weighted by Crippen LogP contribution is 2.29. The minimum atomic E-state index is -0.0990. The fourth-order valence-corrected chi connectivity index (χ4v) is 4.58. The lowest BCUT2D eigenvalue weighted by atomic mass is 10.3.